The van der Waals surface area contributed by atoms with Crippen LogP contribution < -0.4 is 5.73 Å². The fraction of sp³-hybridized carbons (Fsp3) is 0.500. The van der Waals surface area contributed by atoms with Gasteiger partial charge in [-0.15, -0.1) is 0 Å². The maximum Gasteiger partial charge on any atom is 0.254 e. The van der Waals surface area contributed by atoms with Gasteiger partial charge < -0.3 is 15.5 Å². The molecule has 1 saturated heterocycles. The fourth-order valence-electron chi connectivity index (χ4n) is 2.84. The summed E-state index contributed by atoms with van der Waals surface area (Å²) >= 11 is 0. The molecule has 1 saturated carbocycles. The summed E-state index contributed by atoms with van der Waals surface area (Å²) in [5, 5.41) is 0. The number of carbonyl (C=O) groups excluding carboxylic acids is 2. The average molecular weight is 287 g/mol. The van der Waals surface area contributed by atoms with Gasteiger partial charge in [0.25, 0.3) is 5.91 Å². The Kier molecular flexibility index (Phi) is 3.57. The molecular weight excluding hydrogens is 266 g/mol. The minimum absolute atomic E-state index is 0.00363. The van der Waals surface area contributed by atoms with Crippen molar-refractivity contribution >= 4 is 17.5 Å². The third kappa shape index (κ3) is 3.01. The number of rotatable bonds is 2. The molecule has 2 amide bonds. The first-order valence-corrected chi connectivity index (χ1v) is 7.50. The molecule has 0 bridgehead atoms. The quantitative estimate of drug-likeness (QED) is 0.833. The van der Waals surface area contributed by atoms with E-state index in [-0.39, 0.29) is 17.7 Å². The first-order chi connectivity index (χ1) is 10.0. The van der Waals surface area contributed by atoms with E-state index in [2.05, 4.69) is 0 Å². The minimum Gasteiger partial charge on any atom is -0.399 e. The van der Waals surface area contributed by atoms with Crippen LogP contribution in [0.1, 0.15) is 28.8 Å². The van der Waals surface area contributed by atoms with Crippen molar-refractivity contribution in [2.45, 2.75) is 19.8 Å². The molecule has 2 fully saturated rings. The van der Waals surface area contributed by atoms with Gasteiger partial charge in [-0.25, -0.2) is 0 Å². The van der Waals surface area contributed by atoms with Crippen molar-refractivity contribution in [1.29, 1.82) is 0 Å². The lowest BCUT2D eigenvalue weighted by molar-refractivity contribution is -0.134. The number of nitrogens with zero attached hydrogens (tertiary/aromatic N) is 2. The summed E-state index contributed by atoms with van der Waals surface area (Å²) in [6.07, 6.45) is 2.06. The van der Waals surface area contributed by atoms with Crippen LogP contribution in [-0.4, -0.2) is 47.8 Å². The van der Waals surface area contributed by atoms with E-state index in [1.807, 2.05) is 28.9 Å². The second-order valence-corrected chi connectivity index (χ2v) is 6.02. The number of piperazine rings is 1. The molecule has 0 spiro atoms. The highest BCUT2D eigenvalue weighted by molar-refractivity contribution is 5.95. The molecule has 21 heavy (non-hydrogen) atoms. The van der Waals surface area contributed by atoms with Crippen molar-refractivity contribution in [2.75, 3.05) is 31.9 Å². The van der Waals surface area contributed by atoms with Crippen molar-refractivity contribution in [3.63, 3.8) is 0 Å². The molecule has 2 N–H and O–H groups in total. The van der Waals surface area contributed by atoms with Gasteiger partial charge in [-0.1, -0.05) is 0 Å². The van der Waals surface area contributed by atoms with Gasteiger partial charge in [0.1, 0.15) is 0 Å². The molecule has 0 aromatic heterocycles. The third-order valence-corrected chi connectivity index (χ3v) is 4.15. The summed E-state index contributed by atoms with van der Waals surface area (Å²) in [4.78, 5) is 28.2. The second-order valence-electron chi connectivity index (χ2n) is 6.02. The number of hydrogen-bond donors (Lipinski definition) is 1. The maximum absolute atomic E-state index is 12.5. The Morgan fingerprint density at radius 1 is 1.05 bits per heavy atom. The Bertz CT molecular complexity index is 553. The van der Waals surface area contributed by atoms with Gasteiger partial charge in [-0.3, -0.25) is 9.59 Å². The van der Waals surface area contributed by atoms with Gasteiger partial charge in [0.05, 0.1) is 0 Å². The Balaban J connectivity index is 1.63. The largest absolute Gasteiger partial charge is 0.399 e. The molecule has 5 heteroatoms. The lowest BCUT2D eigenvalue weighted by Gasteiger charge is -2.35. The average Bonchev–Trinajstić information content (AvgIpc) is 3.29. The van der Waals surface area contributed by atoms with Crippen LogP contribution in [0, 0.1) is 12.8 Å². The number of hydrogen-bond acceptors (Lipinski definition) is 3. The predicted octanol–water partition coefficient (Wildman–Crippen LogP) is 1.27. The van der Waals surface area contributed by atoms with Crippen LogP contribution in [0.15, 0.2) is 18.2 Å². The van der Waals surface area contributed by atoms with Crippen molar-refractivity contribution in [3.05, 3.63) is 29.3 Å². The molecule has 112 valence electrons. The van der Waals surface area contributed by atoms with Gasteiger partial charge in [-0.05, 0) is 43.5 Å². The predicted molar refractivity (Wildman–Crippen MR) is 80.8 cm³/mol. The van der Waals surface area contributed by atoms with Gasteiger partial charge >= 0.3 is 0 Å². The first kappa shape index (κ1) is 13.9. The van der Waals surface area contributed by atoms with Gasteiger partial charge in [0.15, 0.2) is 0 Å². The van der Waals surface area contributed by atoms with Crippen LogP contribution in [0.4, 0.5) is 5.69 Å². The third-order valence-electron chi connectivity index (χ3n) is 4.15. The zero-order chi connectivity index (χ0) is 15.0. The van der Waals surface area contributed by atoms with E-state index in [4.69, 9.17) is 5.73 Å². The Morgan fingerprint density at radius 3 is 2.24 bits per heavy atom. The molecule has 1 aliphatic heterocycles. The number of benzene rings is 1. The topological polar surface area (TPSA) is 66.6 Å². The summed E-state index contributed by atoms with van der Waals surface area (Å²) < 4.78 is 0. The number of carbonyl (C=O) groups is 2. The molecule has 1 aromatic rings. The summed E-state index contributed by atoms with van der Waals surface area (Å²) in [6.45, 7) is 4.42. The van der Waals surface area contributed by atoms with E-state index >= 15 is 0 Å². The first-order valence-electron chi connectivity index (χ1n) is 7.50. The minimum atomic E-state index is 0.00363. The molecule has 1 aliphatic carbocycles. The Hall–Kier alpha value is -2.04. The molecular formula is C16H21N3O2. The Labute approximate surface area is 124 Å². The van der Waals surface area contributed by atoms with E-state index in [0.717, 1.165) is 18.4 Å². The summed E-state index contributed by atoms with van der Waals surface area (Å²) in [7, 11) is 0. The number of nitrogens with two attached hydrogens (primary N) is 1. The zero-order valence-corrected chi connectivity index (χ0v) is 12.3. The highest BCUT2D eigenvalue weighted by atomic mass is 16.2. The van der Waals surface area contributed by atoms with Gasteiger partial charge in [0, 0.05) is 43.3 Å². The highest BCUT2D eigenvalue weighted by Gasteiger charge is 2.35. The van der Waals surface area contributed by atoms with Crippen LogP contribution in [0.3, 0.4) is 0 Å². The van der Waals surface area contributed by atoms with E-state index in [9.17, 15) is 9.59 Å². The second kappa shape index (κ2) is 5.39. The molecule has 3 rings (SSSR count). The SMILES string of the molecule is Cc1cc(N)cc(C(=O)N2CCN(C(=O)C3CC3)CC2)c1. The van der Waals surface area contributed by atoms with Gasteiger partial charge in [-0.2, -0.15) is 0 Å². The highest BCUT2D eigenvalue weighted by Crippen LogP contribution is 2.31. The summed E-state index contributed by atoms with van der Waals surface area (Å²) in [5.41, 5.74) is 8.04. The fourth-order valence-corrected chi connectivity index (χ4v) is 2.84. The molecule has 1 heterocycles. The molecule has 2 aliphatic rings. The molecule has 1 aromatic carbocycles. The van der Waals surface area contributed by atoms with Crippen LogP contribution >= 0.6 is 0 Å². The monoisotopic (exact) mass is 287 g/mol. The molecule has 5 nitrogen and oxygen atoms in total. The normalized spacial score (nSPS) is 18.7. The van der Waals surface area contributed by atoms with E-state index in [0.29, 0.717) is 37.4 Å². The standard InChI is InChI=1S/C16H21N3O2/c1-11-8-13(10-14(17)9-11)16(21)19-6-4-18(5-7-19)15(20)12-2-3-12/h8-10,12H,2-7,17H2,1H3. The Morgan fingerprint density at radius 2 is 1.67 bits per heavy atom. The molecule has 0 radical (unpaired) electrons. The smallest absolute Gasteiger partial charge is 0.254 e. The maximum atomic E-state index is 12.5. The zero-order valence-electron chi connectivity index (χ0n) is 12.3. The summed E-state index contributed by atoms with van der Waals surface area (Å²) in [5.74, 6) is 0.523. The van der Waals surface area contributed by atoms with Crippen molar-refractivity contribution in [2.24, 2.45) is 5.92 Å². The molecule has 0 unspecified atom stereocenters. The van der Waals surface area contributed by atoms with Crippen LogP contribution in [-0.2, 0) is 4.79 Å². The van der Waals surface area contributed by atoms with E-state index < -0.39 is 0 Å². The van der Waals surface area contributed by atoms with Gasteiger partial charge in [0.2, 0.25) is 5.91 Å². The van der Waals surface area contributed by atoms with Crippen LogP contribution in [0.2, 0.25) is 0 Å². The number of anilines is 1. The van der Waals surface area contributed by atoms with Crippen LogP contribution in [0.25, 0.3) is 0 Å². The van der Waals surface area contributed by atoms with Crippen molar-refractivity contribution < 1.29 is 9.59 Å². The summed E-state index contributed by atoms with van der Waals surface area (Å²) in [6, 6.07) is 5.43. The molecule has 0 atom stereocenters. The van der Waals surface area contributed by atoms with Crippen LogP contribution in [0.5, 0.6) is 0 Å². The lowest BCUT2D eigenvalue weighted by Crippen LogP contribution is -2.51. The van der Waals surface area contributed by atoms with E-state index in [1.54, 1.807) is 6.07 Å². The number of aryl methyl sites for hydroxylation is 1. The van der Waals surface area contributed by atoms with E-state index in [1.165, 1.54) is 0 Å². The number of nitrogen functional groups attached to an aromatic ring is 1. The van der Waals surface area contributed by atoms with Crippen molar-refractivity contribution in [1.82, 2.24) is 9.80 Å². The lowest BCUT2D eigenvalue weighted by atomic mass is 10.1. The number of amides is 2. The van der Waals surface area contributed by atoms with Crippen molar-refractivity contribution in [3.8, 4) is 0 Å².